The molecule has 0 saturated carbocycles. The first-order valence-electron chi connectivity index (χ1n) is 6.12. The van der Waals surface area contributed by atoms with Crippen molar-refractivity contribution in [1.29, 1.82) is 0 Å². The van der Waals surface area contributed by atoms with Gasteiger partial charge in [0.25, 0.3) is 0 Å². The summed E-state index contributed by atoms with van der Waals surface area (Å²) < 4.78 is 23.7. The smallest absolute Gasteiger partial charge is 0.346 e. The molecule has 0 amide bonds. The molecular weight excluding hydrogens is 235 g/mol. The van der Waals surface area contributed by atoms with Gasteiger partial charge in [0.1, 0.15) is 0 Å². The summed E-state index contributed by atoms with van der Waals surface area (Å²) in [6.45, 7) is 3.61. The molecule has 0 aliphatic rings. The predicted octanol–water partition coefficient (Wildman–Crippen LogP) is 3.11. The monoisotopic (exact) mass is 254 g/mol. The van der Waals surface area contributed by atoms with E-state index >= 15 is 0 Å². The van der Waals surface area contributed by atoms with Gasteiger partial charge in [0.15, 0.2) is 17.7 Å². The van der Waals surface area contributed by atoms with Crippen LogP contribution >= 0.6 is 0 Å². The van der Waals surface area contributed by atoms with E-state index in [9.17, 15) is 9.18 Å². The number of esters is 1. The Kier molecular flexibility index (Phi) is 5.62. The van der Waals surface area contributed by atoms with Crippen molar-refractivity contribution in [1.82, 2.24) is 0 Å². The molecule has 0 aromatic heterocycles. The average Bonchev–Trinajstić information content (AvgIpc) is 2.38. The van der Waals surface area contributed by atoms with Gasteiger partial charge in [-0.05, 0) is 31.4 Å². The van der Waals surface area contributed by atoms with E-state index in [-0.39, 0.29) is 5.75 Å². The number of carbonyl (C=O) groups excluding carboxylic acids is 1. The average molecular weight is 254 g/mol. The molecule has 1 atom stereocenters. The third kappa shape index (κ3) is 3.72. The van der Waals surface area contributed by atoms with Crippen LogP contribution < -0.4 is 4.74 Å². The number of aryl methyl sites for hydroxylation is 1. The lowest BCUT2D eigenvalue weighted by Crippen LogP contribution is -2.25. The number of hydrogen-bond donors (Lipinski definition) is 0. The fourth-order valence-electron chi connectivity index (χ4n) is 1.64. The van der Waals surface area contributed by atoms with Crippen LogP contribution in [0.1, 0.15) is 32.3 Å². The number of unbranched alkanes of at least 4 members (excludes halogenated alkanes) is 1. The largest absolute Gasteiger partial charge is 0.476 e. The second kappa shape index (κ2) is 6.99. The molecule has 0 bridgehead atoms. The first kappa shape index (κ1) is 14.5. The molecule has 0 saturated heterocycles. The number of carbonyl (C=O) groups is 1. The van der Waals surface area contributed by atoms with Crippen LogP contribution in [0.4, 0.5) is 4.39 Å². The number of rotatable bonds is 6. The van der Waals surface area contributed by atoms with Crippen LogP contribution in [-0.4, -0.2) is 19.2 Å². The second-order valence-electron chi connectivity index (χ2n) is 4.11. The molecular formula is C14H19FO3. The Bertz CT molecular complexity index is 404. The highest BCUT2D eigenvalue weighted by atomic mass is 19.1. The SMILES string of the molecule is CCCCc1cccc(F)c1O[C@H](C)C(=O)OC. The Labute approximate surface area is 107 Å². The highest BCUT2D eigenvalue weighted by Gasteiger charge is 2.19. The van der Waals surface area contributed by atoms with Gasteiger partial charge in [-0.2, -0.15) is 0 Å². The molecule has 1 rings (SSSR count). The summed E-state index contributed by atoms with van der Waals surface area (Å²) in [5.74, 6) is -0.803. The van der Waals surface area contributed by atoms with Crippen LogP contribution in [0.2, 0.25) is 0 Å². The van der Waals surface area contributed by atoms with Crippen molar-refractivity contribution in [3.05, 3.63) is 29.6 Å². The Morgan fingerprint density at radius 3 is 2.78 bits per heavy atom. The summed E-state index contributed by atoms with van der Waals surface area (Å²) in [7, 11) is 1.28. The molecule has 18 heavy (non-hydrogen) atoms. The number of benzene rings is 1. The molecule has 0 fully saturated rings. The number of ether oxygens (including phenoxy) is 2. The van der Waals surface area contributed by atoms with E-state index in [0.29, 0.717) is 0 Å². The maximum absolute atomic E-state index is 13.7. The van der Waals surface area contributed by atoms with Gasteiger partial charge < -0.3 is 9.47 Å². The van der Waals surface area contributed by atoms with E-state index in [1.165, 1.54) is 13.2 Å². The van der Waals surface area contributed by atoms with Crippen molar-refractivity contribution >= 4 is 5.97 Å². The summed E-state index contributed by atoms with van der Waals surface area (Å²) in [6.07, 6.45) is 1.89. The van der Waals surface area contributed by atoms with Gasteiger partial charge in [-0.15, -0.1) is 0 Å². The number of methoxy groups -OCH3 is 1. The Morgan fingerprint density at radius 1 is 1.44 bits per heavy atom. The van der Waals surface area contributed by atoms with E-state index in [0.717, 1.165) is 24.8 Å². The summed E-state index contributed by atoms with van der Waals surface area (Å²) >= 11 is 0. The maximum Gasteiger partial charge on any atom is 0.346 e. The minimum Gasteiger partial charge on any atom is -0.476 e. The molecule has 3 nitrogen and oxygen atoms in total. The van der Waals surface area contributed by atoms with Crippen molar-refractivity contribution in [2.75, 3.05) is 7.11 Å². The van der Waals surface area contributed by atoms with E-state index in [4.69, 9.17) is 4.74 Å². The molecule has 0 spiro atoms. The van der Waals surface area contributed by atoms with Crippen LogP contribution in [0.15, 0.2) is 18.2 Å². The summed E-state index contributed by atoms with van der Waals surface area (Å²) in [4.78, 5) is 11.3. The fraction of sp³-hybridized carbons (Fsp3) is 0.500. The van der Waals surface area contributed by atoms with Crippen molar-refractivity contribution in [3.8, 4) is 5.75 Å². The summed E-state index contributed by atoms with van der Waals surface area (Å²) in [5.41, 5.74) is 0.785. The lowest BCUT2D eigenvalue weighted by molar-refractivity contribution is -0.148. The molecule has 0 heterocycles. The summed E-state index contributed by atoms with van der Waals surface area (Å²) in [6, 6.07) is 4.79. The minimum atomic E-state index is -0.813. The van der Waals surface area contributed by atoms with Gasteiger partial charge in [0.05, 0.1) is 7.11 Å². The Morgan fingerprint density at radius 2 is 2.17 bits per heavy atom. The van der Waals surface area contributed by atoms with Crippen molar-refractivity contribution in [3.63, 3.8) is 0 Å². The van der Waals surface area contributed by atoms with Crippen LogP contribution in [0.5, 0.6) is 5.75 Å². The first-order valence-corrected chi connectivity index (χ1v) is 6.12. The molecule has 1 aromatic rings. The minimum absolute atomic E-state index is 0.156. The van der Waals surface area contributed by atoms with Gasteiger partial charge in [0, 0.05) is 0 Å². The summed E-state index contributed by atoms with van der Waals surface area (Å²) in [5, 5.41) is 0. The molecule has 4 heteroatoms. The molecule has 0 unspecified atom stereocenters. The number of hydrogen-bond acceptors (Lipinski definition) is 3. The zero-order valence-corrected chi connectivity index (χ0v) is 11.0. The standard InChI is InChI=1S/C14H19FO3/c1-4-5-7-11-8-6-9-12(15)13(11)18-10(2)14(16)17-3/h6,8-10H,4-5,7H2,1-3H3/t10-/m1/s1. The Balaban J connectivity index is 2.88. The lowest BCUT2D eigenvalue weighted by Gasteiger charge is -2.16. The molecule has 0 N–H and O–H groups in total. The van der Waals surface area contributed by atoms with Crippen LogP contribution in [-0.2, 0) is 16.0 Å². The van der Waals surface area contributed by atoms with Gasteiger partial charge in [-0.1, -0.05) is 25.5 Å². The van der Waals surface area contributed by atoms with Crippen LogP contribution in [0, 0.1) is 5.82 Å². The zero-order chi connectivity index (χ0) is 13.5. The Hall–Kier alpha value is -1.58. The van der Waals surface area contributed by atoms with Crippen LogP contribution in [0.25, 0.3) is 0 Å². The van der Waals surface area contributed by atoms with Crippen molar-refractivity contribution in [2.24, 2.45) is 0 Å². The highest BCUT2D eigenvalue weighted by molar-refractivity contribution is 5.74. The number of para-hydroxylation sites is 1. The zero-order valence-electron chi connectivity index (χ0n) is 11.0. The van der Waals surface area contributed by atoms with Gasteiger partial charge >= 0.3 is 5.97 Å². The normalized spacial score (nSPS) is 12.0. The van der Waals surface area contributed by atoms with Gasteiger partial charge in [0.2, 0.25) is 0 Å². The fourth-order valence-corrected chi connectivity index (χ4v) is 1.64. The first-order chi connectivity index (χ1) is 8.60. The van der Waals surface area contributed by atoms with Gasteiger partial charge in [-0.25, -0.2) is 9.18 Å². The quantitative estimate of drug-likeness (QED) is 0.732. The molecule has 100 valence electrons. The maximum atomic E-state index is 13.7. The third-order valence-corrected chi connectivity index (χ3v) is 2.68. The lowest BCUT2D eigenvalue weighted by atomic mass is 10.1. The van der Waals surface area contributed by atoms with Crippen molar-refractivity contribution < 1.29 is 18.7 Å². The topological polar surface area (TPSA) is 35.5 Å². The number of halogens is 1. The highest BCUT2D eigenvalue weighted by Crippen LogP contribution is 2.25. The predicted molar refractivity (Wildman–Crippen MR) is 67.1 cm³/mol. The molecule has 1 aromatic carbocycles. The van der Waals surface area contributed by atoms with E-state index in [1.54, 1.807) is 13.0 Å². The molecule has 0 aliphatic carbocycles. The van der Waals surface area contributed by atoms with E-state index in [2.05, 4.69) is 11.7 Å². The van der Waals surface area contributed by atoms with E-state index < -0.39 is 17.9 Å². The molecule has 0 aliphatic heterocycles. The molecule has 0 radical (unpaired) electrons. The van der Waals surface area contributed by atoms with E-state index in [1.807, 2.05) is 6.07 Å². The third-order valence-electron chi connectivity index (χ3n) is 2.68. The van der Waals surface area contributed by atoms with Crippen molar-refractivity contribution in [2.45, 2.75) is 39.2 Å². The second-order valence-corrected chi connectivity index (χ2v) is 4.11. The van der Waals surface area contributed by atoms with Gasteiger partial charge in [-0.3, -0.25) is 0 Å². The van der Waals surface area contributed by atoms with Crippen LogP contribution in [0.3, 0.4) is 0 Å².